The number of benzene rings is 1. The molecule has 1 unspecified atom stereocenters. The van der Waals surface area contributed by atoms with Crippen LogP contribution in [0.25, 0.3) is 0 Å². The lowest BCUT2D eigenvalue weighted by atomic mass is 10.1. The first-order valence-corrected chi connectivity index (χ1v) is 6.71. The summed E-state index contributed by atoms with van der Waals surface area (Å²) < 4.78 is 32.9. The second kappa shape index (κ2) is 5.84. The Bertz CT molecular complexity index is 581. The number of furan rings is 1. The standard InChI is InChI=1S/C14H13BrF2O2/c1-2-8-3-6-13(19-8)12(18)7-9-11(16)5-4-10(15)14(9)17/h3-6,12,18H,2,7H2,1H3. The number of halogens is 3. The molecule has 5 heteroatoms. The molecular weight excluding hydrogens is 318 g/mol. The van der Waals surface area contributed by atoms with Crippen LogP contribution in [0.5, 0.6) is 0 Å². The highest BCUT2D eigenvalue weighted by molar-refractivity contribution is 9.10. The lowest BCUT2D eigenvalue weighted by molar-refractivity contribution is 0.146. The Morgan fingerprint density at radius 3 is 2.63 bits per heavy atom. The molecular formula is C14H13BrF2O2. The summed E-state index contributed by atoms with van der Waals surface area (Å²) in [6.07, 6.45) is -0.543. The van der Waals surface area contributed by atoms with E-state index in [9.17, 15) is 13.9 Å². The average Bonchev–Trinajstić information content (AvgIpc) is 2.88. The van der Waals surface area contributed by atoms with Gasteiger partial charge in [0.2, 0.25) is 0 Å². The summed E-state index contributed by atoms with van der Waals surface area (Å²) in [7, 11) is 0. The third kappa shape index (κ3) is 3.04. The first-order chi connectivity index (χ1) is 9.02. The monoisotopic (exact) mass is 330 g/mol. The number of rotatable bonds is 4. The van der Waals surface area contributed by atoms with Crippen LogP contribution < -0.4 is 0 Å². The normalized spacial score (nSPS) is 12.7. The summed E-state index contributed by atoms with van der Waals surface area (Å²) in [5.41, 5.74) is -0.156. The SMILES string of the molecule is CCc1ccc(C(O)Cc2c(F)ccc(Br)c2F)o1. The molecule has 19 heavy (non-hydrogen) atoms. The van der Waals surface area contributed by atoms with Crippen LogP contribution >= 0.6 is 15.9 Å². The Morgan fingerprint density at radius 1 is 1.26 bits per heavy atom. The highest BCUT2D eigenvalue weighted by Gasteiger charge is 2.19. The molecule has 0 radical (unpaired) electrons. The average molecular weight is 331 g/mol. The van der Waals surface area contributed by atoms with Crippen LogP contribution in [-0.2, 0) is 12.8 Å². The zero-order chi connectivity index (χ0) is 14.0. The number of aliphatic hydroxyl groups is 1. The third-order valence-corrected chi connectivity index (χ3v) is 3.51. The lowest BCUT2D eigenvalue weighted by Gasteiger charge is -2.10. The maximum atomic E-state index is 13.8. The minimum atomic E-state index is -1.07. The summed E-state index contributed by atoms with van der Waals surface area (Å²) in [4.78, 5) is 0. The van der Waals surface area contributed by atoms with Crippen molar-refractivity contribution in [2.75, 3.05) is 0 Å². The van der Waals surface area contributed by atoms with Crippen molar-refractivity contribution >= 4 is 15.9 Å². The first kappa shape index (κ1) is 14.2. The molecule has 1 atom stereocenters. The zero-order valence-corrected chi connectivity index (χ0v) is 11.9. The van der Waals surface area contributed by atoms with Crippen LogP contribution in [0.4, 0.5) is 8.78 Å². The molecule has 0 aliphatic rings. The number of hydrogen-bond donors (Lipinski definition) is 1. The molecule has 1 aromatic carbocycles. The topological polar surface area (TPSA) is 33.4 Å². The van der Waals surface area contributed by atoms with Gasteiger partial charge in [0.05, 0.1) is 4.47 Å². The minimum absolute atomic E-state index is 0.156. The van der Waals surface area contributed by atoms with Crippen LogP contribution in [0.2, 0.25) is 0 Å². The van der Waals surface area contributed by atoms with E-state index in [-0.39, 0.29) is 16.5 Å². The van der Waals surface area contributed by atoms with Crippen molar-refractivity contribution in [2.24, 2.45) is 0 Å². The molecule has 0 bridgehead atoms. The maximum absolute atomic E-state index is 13.8. The van der Waals surface area contributed by atoms with Crippen LogP contribution in [0.3, 0.4) is 0 Å². The lowest BCUT2D eigenvalue weighted by Crippen LogP contribution is -2.05. The van der Waals surface area contributed by atoms with E-state index < -0.39 is 17.7 Å². The molecule has 2 rings (SSSR count). The number of hydrogen-bond acceptors (Lipinski definition) is 2. The van der Waals surface area contributed by atoms with Crippen molar-refractivity contribution in [1.29, 1.82) is 0 Å². The van der Waals surface area contributed by atoms with Gasteiger partial charge in [0.15, 0.2) is 0 Å². The Kier molecular flexibility index (Phi) is 4.37. The molecule has 0 amide bonds. The molecule has 1 N–H and O–H groups in total. The van der Waals surface area contributed by atoms with Crippen molar-refractivity contribution in [1.82, 2.24) is 0 Å². The quantitative estimate of drug-likeness (QED) is 0.854. The van der Waals surface area contributed by atoms with Gasteiger partial charge in [-0.1, -0.05) is 6.92 Å². The predicted molar refractivity (Wildman–Crippen MR) is 70.8 cm³/mol. The Hall–Kier alpha value is -1.20. The van der Waals surface area contributed by atoms with Crippen molar-refractivity contribution in [3.05, 3.63) is 57.5 Å². The van der Waals surface area contributed by atoms with E-state index in [4.69, 9.17) is 4.42 Å². The molecule has 0 aliphatic carbocycles. The summed E-state index contributed by atoms with van der Waals surface area (Å²) in [5.74, 6) is -0.330. The molecule has 0 spiro atoms. The van der Waals surface area contributed by atoms with E-state index in [1.807, 2.05) is 6.92 Å². The summed E-state index contributed by atoms with van der Waals surface area (Å²) in [6, 6.07) is 5.82. The first-order valence-electron chi connectivity index (χ1n) is 5.92. The van der Waals surface area contributed by atoms with Gasteiger partial charge in [0, 0.05) is 18.4 Å². The maximum Gasteiger partial charge on any atom is 0.143 e. The Balaban J connectivity index is 2.23. The van der Waals surface area contributed by atoms with E-state index >= 15 is 0 Å². The predicted octanol–water partition coefficient (Wildman–Crippen LogP) is 4.16. The van der Waals surface area contributed by atoms with Gasteiger partial charge in [-0.25, -0.2) is 8.78 Å². The summed E-state index contributed by atoms with van der Waals surface area (Å²) in [5, 5.41) is 9.98. The fourth-order valence-corrected chi connectivity index (χ4v) is 2.19. The molecule has 2 nitrogen and oxygen atoms in total. The molecule has 0 fully saturated rings. The van der Waals surface area contributed by atoms with Gasteiger partial charge < -0.3 is 9.52 Å². The molecule has 1 heterocycles. The van der Waals surface area contributed by atoms with E-state index in [0.29, 0.717) is 12.2 Å². The van der Waals surface area contributed by atoms with Gasteiger partial charge in [0.25, 0.3) is 0 Å². The van der Waals surface area contributed by atoms with Crippen LogP contribution in [0, 0.1) is 11.6 Å². The van der Waals surface area contributed by atoms with Gasteiger partial charge in [-0.15, -0.1) is 0 Å². The van der Waals surface area contributed by atoms with Crippen molar-refractivity contribution in [2.45, 2.75) is 25.9 Å². The van der Waals surface area contributed by atoms with Crippen LogP contribution in [0.15, 0.2) is 33.2 Å². The number of aliphatic hydroxyl groups excluding tert-OH is 1. The van der Waals surface area contributed by atoms with Crippen molar-refractivity contribution in [3.63, 3.8) is 0 Å². The van der Waals surface area contributed by atoms with E-state index in [0.717, 1.165) is 11.8 Å². The largest absolute Gasteiger partial charge is 0.463 e. The number of aryl methyl sites for hydroxylation is 1. The highest BCUT2D eigenvalue weighted by atomic mass is 79.9. The summed E-state index contributed by atoms with van der Waals surface area (Å²) >= 11 is 2.99. The fourth-order valence-electron chi connectivity index (χ4n) is 1.81. The molecule has 2 aromatic rings. The highest BCUT2D eigenvalue weighted by Crippen LogP contribution is 2.27. The van der Waals surface area contributed by atoms with Gasteiger partial charge in [-0.2, -0.15) is 0 Å². The minimum Gasteiger partial charge on any atom is -0.463 e. The summed E-state index contributed by atoms with van der Waals surface area (Å²) in [6.45, 7) is 1.92. The fraction of sp³-hybridized carbons (Fsp3) is 0.286. The molecule has 102 valence electrons. The Morgan fingerprint density at radius 2 is 2.00 bits per heavy atom. The zero-order valence-electron chi connectivity index (χ0n) is 10.3. The second-order valence-corrected chi connectivity index (χ2v) is 5.05. The molecule has 0 saturated heterocycles. The van der Waals surface area contributed by atoms with E-state index in [1.165, 1.54) is 6.07 Å². The van der Waals surface area contributed by atoms with E-state index in [2.05, 4.69) is 15.9 Å². The van der Waals surface area contributed by atoms with Crippen LogP contribution in [-0.4, -0.2) is 5.11 Å². The van der Waals surface area contributed by atoms with E-state index in [1.54, 1.807) is 12.1 Å². The Labute approximate surface area is 118 Å². The van der Waals surface area contributed by atoms with Crippen molar-refractivity contribution < 1.29 is 18.3 Å². The van der Waals surface area contributed by atoms with Gasteiger partial charge in [0.1, 0.15) is 29.3 Å². The van der Waals surface area contributed by atoms with Gasteiger partial charge in [-0.3, -0.25) is 0 Å². The van der Waals surface area contributed by atoms with Crippen LogP contribution in [0.1, 0.15) is 30.1 Å². The van der Waals surface area contributed by atoms with Crippen molar-refractivity contribution in [3.8, 4) is 0 Å². The molecule has 1 aromatic heterocycles. The molecule has 0 saturated carbocycles. The van der Waals surface area contributed by atoms with Gasteiger partial charge in [-0.05, 0) is 40.2 Å². The molecule has 0 aliphatic heterocycles. The second-order valence-electron chi connectivity index (χ2n) is 4.20. The third-order valence-electron chi connectivity index (χ3n) is 2.90. The van der Waals surface area contributed by atoms with Gasteiger partial charge >= 0.3 is 0 Å². The smallest absolute Gasteiger partial charge is 0.143 e.